The molecular formula is C16H11FN4O2. The quantitative estimate of drug-likeness (QED) is 0.800. The van der Waals surface area contributed by atoms with E-state index in [0.717, 1.165) is 11.0 Å². The molecule has 2 aliphatic rings. The van der Waals surface area contributed by atoms with Crippen molar-refractivity contribution in [3.05, 3.63) is 60.4 Å². The van der Waals surface area contributed by atoms with Crippen LogP contribution < -0.4 is 9.91 Å². The van der Waals surface area contributed by atoms with Crippen molar-refractivity contribution >= 4 is 23.2 Å². The van der Waals surface area contributed by atoms with Crippen LogP contribution in [0.25, 0.3) is 0 Å². The van der Waals surface area contributed by atoms with Gasteiger partial charge in [0.15, 0.2) is 12.1 Å². The predicted octanol–water partition coefficient (Wildman–Crippen LogP) is 2.32. The number of hydrogen-bond acceptors (Lipinski definition) is 5. The summed E-state index contributed by atoms with van der Waals surface area (Å²) in [6.07, 6.45) is 0. The first-order chi connectivity index (χ1) is 11.2. The van der Waals surface area contributed by atoms with Gasteiger partial charge in [-0.05, 0) is 30.3 Å². The third-order valence-electron chi connectivity index (χ3n) is 3.87. The van der Waals surface area contributed by atoms with Gasteiger partial charge in [-0.3, -0.25) is 9.59 Å². The van der Waals surface area contributed by atoms with E-state index in [1.165, 1.54) is 23.2 Å². The lowest BCUT2D eigenvalue weighted by atomic mass is 10.1. The molecule has 6 nitrogen and oxygen atoms in total. The number of carbonyl (C=O) groups is 2. The Bertz CT molecular complexity index is 824. The van der Waals surface area contributed by atoms with Crippen LogP contribution in [0.4, 0.5) is 15.8 Å². The molecule has 1 saturated heterocycles. The van der Waals surface area contributed by atoms with E-state index in [1.54, 1.807) is 12.1 Å². The van der Waals surface area contributed by atoms with E-state index >= 15 is 0 Å². The van der Waals surface area contributed by atoms with Gasteiger partial charge >= 0.3 is 0 Å². The highest BCUT2D eigenvalue weighted by Crippen LogP contribution is 2.34. The van der Waals surface area contributed by atoms with Gasteiger partial charge in [0.2, 0.25) is 0 Å². The van der Waals surface area contributed by atoms with Crippen molar-refractivity contribution in [3.8, 4) is 0 Å². The maximum absolute atomic E-state index is 13.4. The standard InChI is InChI=1S/C16H11FN4O2/c17-10-5-4-8-12(9-10)20-15(22)13-14(16(20)23)21(19-18-13)11-6-2-1-3-7-11/h1-9,13-14H/t13-,14-/m1/s1. The van der Waals surface area contributed by atoms with Crippen LogP contribution in [0, 0.1) is 5.82 Å². The lowest BCUT2D eigenvalue weighted by Crippen LogP contribution is -2.39. The minimum Gasteiger partial charge on any atom is -0.271 e. The molecule has 2 aromatic carbocycles. The van der Waals surface area contributed by atoms with Crippen LogP contribution in [0.1, 0.15) is 0 Å². The number of fused-ring (bicyclic) bond motifs is 1. The second kappa shape index (κ2) is 4.98. The van der Waals surface area contributed by atoms with Gasteiger partial charge in [-0.25, -0.2) is 14.3 Å². The summed E-state index contributed by atoms with van der Waals surface area (Å²) in [6, 6.07) is 12.7. The molecule has 1 fully saturated rings. The molecule has 2 aliphatic heterocycles. The largest absolute Gasteiger partial charge is 0.271 e. The summed E-state index contributed by atoms with van der Waals surface area (Å²) in [4.78, 5) is 26.2. The molecule has 0 spiro atoms. The van der Waals surface area contributed by atoms with Gasteiger partial charge in [0.1, 0.15) is 5.82 Å². The summed E-state index contributed by atoms with van der Waals surface area (Å²) in [7, 11) is 0. The van der Waals surface area contributed by atoms with Crippen molar-refractivity contribution in [2.24, 2.45) is 10.3 Å². The molecule has 2 aromatic rings. The second-order valence-corrected chi connectivity index (χ2v) is 5.27. The second-order valence-electron chi connectivity index (χ2n) is 5.27. The fourth-order valence-electron chi connectivity index (χ4n) is 2.82. The Labute approximate surface area is 130 Å². The Morgan fingerprint density at radius 1 is 0.913 bits per heavy atom. The number of carbonyl (C=O) groups excluding carboxylic acids is 2. The Morgan fingerprint density at radius 3 is 2.39 bits per heavy atom. The van der Waals surface area contributed by atoms with E-state index in [-0.39, 0.29) is 5.69 Å². The monoisotopic (exact) mass is 310 g/mol. The summed E-state index contributed by atoms with van der Waals surface area (Å²) >= 11 is 0. The number of hydrogen-bond donors (Lipinski definition) is 0. The summed E-state index contributed by atoms with van der Waals surface area (Å²) in [6.45, 7) is 0. The first-order valence-corrected chi connectivity index (χ1v) is 7.05. The van der Waals surface area contributed by atoms with E-state index in [2.05, 4.69) is 10.3 Å². The van der Waals surface area contributed by atoms with Crippen molar-refractivity contribution in [2.45, 2.75) is 12.1 Å². The van der Waals surface area contributed by atoms with Crippen molar-refractivity contribution in [2.75, 3.05) is 9.91 Å². The van der Waals surface area contributed by atoms with Crippen LogP contribution in [0.5, 0.6) is 0 Å². The predicted molar refractivity (Wildman–Crippen MR) is 80.2 cm³/mol. The Balaban J connectivity index is 1.72. The number of nitrogens with zero attached hydrogens (tertiary/aromatic N) is 4. The van der Waals surface area contributed by atoms with Gasteiger partial charge in [0.25, 0.3) is 11.8 Å². The highest BCUT2D eigenvalue weighted by molar-refractivity contribution is 6.26. The lowest BCUT2D eigenvalue weighted by molar-refractivity contribution is -0.121. The molecule has 0 saturated carbocycles. The van der Waals surface area contributed by atoms with Crippen LogP contribution in [0.2, 0.25) is 0 Å². The van der Waals surface area contributed by atoms with Crippen LogP contribution in [0.3, 0.4) is 0 Å². The van der Waals surface area contributed by atoms with E-state index in [9.17, 15) is 14.0 Å². The van der Waals surface area contributed by atoms with Crippen molar-refractivity contribution in [1.29, 1.82) is 0 Å². The van der Waals surface area contributed by atoms with Crippen LogP contribution in [0.15, 0.2) is 64.9 Å². The van der Waals surface area contributed by atoms with Crippen LogP contribution in [-0.4, -0.2) is 23.9 Å². The zero-order chi connectivity index (χ0) is 16.0. The Morgan fingerprint density at radius 2 is 1.65 bits per heavy atom. The van der Waals surface area contributed by atoms with E-state index < -0.39 is 29.7 Å². The van der Waals surface area contributed by atoms with E-state index in [4.69, 9.17) is 0 Å². The zero-order valence-corrected chi connectivity index (χ0v) is 11.8. The van der Waals surface area contributed by atoms with Gasteiger partial charge in [0.05, 0.1) is 11.4 Å². The smallest absolute Gasteiger partial charge is 0.263 e. The molecule has 0 N–H and O–H groups in total. The first-order valence-electron chi connectivity index (χ1n) is 7.05. The average molecular weight is 310 g/mol. The minimum atomic E-state index is -0.897. The third-order valence-corrected chi connectivity index (χ3v) is 3.87. The van der Waals surface area contributed by atoms with E-state index in [0.29, 0.717) is 5.69 Å². The van der Waals surface area contributed by atoms with E-state index in [1.807, 2.05) is 18.2 Å². The molecule has 0 aromatic heterocycles. The number of imide groups is 1. The fraction of sp³-hybridized carbons (Fsp3) is 0.125. The molecule has 0 radical (unpaired) electrons. The summed E-state index contributed by atoms with van der Waals surface area (Å²) in [5.41, 5.74) is 0.878. The molecule has 2 amide bonds. The van der Waals surface area contributed by atoms with Gasteiger partial charge in [-0.15, -0.1) is 0 Å². The van der Waals surface area contributed by atoms with Crippen molar-refractivity contribution < 1.29 is 14.0 Å². The average Bonchev–Trinajstić information content (AvgIpc) is 3.09. The molecule has 2 atom stereocenters. The molecule has 7 heteroatoms. The van der Waals surface area contributed by atoms with Crippen molar-refractivity contribution in [1.82, 2.24) is 0 Å². The zero-order valence-electron chi connectivity index (χ0n) is 11.8. The Hall–Kier alpha value is -3.09. The molecule has 4 rings (SSSR count). The molecular weight excluding hydrogens is 299 g/mol. The minimum absolute atomic E-state index is 0.206. The highest BCUT2D eigenvalue weighted by atomic mass is 19.1. The molecule has 0 unspecified atom stereocenters. The molecule has 23 heavy (non-hydrogen) atoms. The molecule has 0 aliphatic carbocycles. The number of benzene rings is 2. The van der Waals surface area contributed by atoms with Crippen LogP contribution >= 0.6 is 0 Å². The fourth-order valence-corrected chi connectivity index (χ4v) is 2.82. The number of para-hydroxylation sites is 1. The SMILES string of the molecule is O=C1[C@@H]2N=NN(c3ccccc3)[C@H]2C(=O)N1c1cccc(F)c1. The van der Waals surface area contributed by atoms with Crippen molar-refractivity contribution in [3.63, 3.8) is 0 Å². The first kappa shape index (κ1) is 13.6. The third kappa shape index (κ3) is 2.01. The molecule has 2 heterocycles. The Kier molecular flexibility index (Phi) is 2.94. The van der Waals surface area contributed by atoms with Gasteiger partial charge in [-0.1, -0.05) is 29.5 Å². The molecule has 114 valence electrons. The summed E-state index contributed by atoms with van der Waals surface area (Å²) < 4.78 is 13.4. The van der Waals surface area contributed by atoms with Gasteiger partial charge in [-0.2, -0.15) is 5.11 Å². The maximum atomic E-state index is 13.4. The van der Waals surface area contributed by atoms with Gasteiger partial charge in [0, 0.05) is 0 Å². The maximum Gasteiger partial charge on any atom is 0.263 e. The highest BCUT2D eigenvalue weighted by Gasteiger charge is 2.55. The lowest BCUT2D eigenvalue weighted by Gasteiger charge is -2.20. The summed E-state index contributed by atoms with van der Waals surface area (Å²) in [5.74, 6) is -1.46. The number of halogens is 1. The summed E-state index contributed by atoms with van der Waals surface area (Å²) in [5, 5.41) is 9.32. The normalized spacial score (nSPS) is 22.8. The molecule has 0 bridgehead atoms. The topological polar surface area (TPSA) is 65.3 Å². The van der Waals surface area contributed by atoms with Gasteiger partial charge < -0.3 is 0 Å². The number of rotatable bonds is 2. The van der Waals surface area contributed by atoms with Crippen LogP contribution in [-0.2, 0) is 9.59 Å². The number of amides is 2. The number of anilines is 2.